The summed E-state index contributed by atoms with van der Waals surface area (Å²) < 4.78 is 5.11. The Labute approximate surface area is 173 Å². The summed E-state index contributed by atoms with van der Waals surface area (Å²) >= 11 is 0. The molecule has 1 heterocycles. The lowest BCUT2D eigenvalue weighted by molar-refractivity contribution is 0.0949. The fourth-order valence-electron chi connectivity index (χ4n) is 3.78. The second-order valence-electron chi connectivity index (χ2n) is 7.37. The third-order valence-electron chi connectivity index (χ3n) is 5.43. The highest BCUT2D eigenvalue weighted by Gasteiger charge is 2.28. The average Bonchev–Trinajstić information content (AvgIpc) is 2.78. The number of methoxy groups -OCH3 is 1. The number of pyridine rings is 1. The van der Waals surface area contributed by atoms with Crippen molar-refractivity contribution in [3.8, 4) is 5.75 Å². The molecule has 4 rings (SSSR count). The predicted octanol–water partition coefficient (Wildman–Crippen LogP) is 3.23. The van der Waals surface area contributed by atoms with E-state index >= 15 is 0 Å². The maximum Gasteiger partial charge on any atom is 0.261 e. The number of aromatic nitrogens is 1. The van der Waals surface area contributed by atoms with Crippen LogP contribution in [-0.2, 0) is 13.0 Å². The van der Waals surface area contributed by atoms with E-state index in [0.717, 1.165) is 16.9 Å². The summed E-state index contributed by atoms with van der Waals surface area (Å²) in [6.45, 7) is 0.267. The number of carbonyl (C=O) groups excluding carboxylic acids is 2. The number of rotatable bonds is 5. The van der Waals surface area contributed by atoms with Crippen molar-refractivity contribution in [2.45, 2.75) is 25.3 Å². The second kappa shape index (κ2) is 8.37. The Morgan fingerprint density at radius 3 is 2.50 bits per heavy atom. The Hall–Kier alpha value is -3.67. The van der Waals surface area contributed by atoms with Gasteiger partial charge in [0.25, 0.3) is 11.5 Å². The smallest absolute Gasteiger partial charge is 0.261 e. The number of hydrogen-bond donors (Lipinski definition) is 2. The van der Waals surface area contributed by atoms with Gasteiger partial charge in [0.1, 0.15) is 11.3 Å². The van der Waals surface area contributed by atoms with Crippen molar-refractivity contribution in [1.82, 2.24) is 10.3 Å². The van der Waals surface area contributed by atoms with Gasteiger partial charge < -0.3 is 15.0 Å². The molecule has 30 heavy (non-hydrogen) atoms. The Kier molecular flexibility index (Phi) is 5.48. The molecule has 152 valence electrons. The van der Waals surface area contributed by atoms with Crippen molar-refractivity contribution >= 4 is 11.7 Å². The van der Waals surface area contributed by atoms with E-state index in [1.807, 2.05) is 42.5 Å². The lowest BCUT2D eigenvalue weighted by Crippen LogP contribution is -2.32. The Balaban J connectivity index is 1.52. The molecular formula is C24H22N2O4. The van der Waals surface area contributed by atoms with Gasteiger partial charge in [-0.05, 0) is 41.7 Å². The third kappa shape index (κ3) is 4.03. The standard InChI is InChI=1S/C24H22N2O4/c1-30-18-9-7-15(8-10-18)14-25-23(28)20-13-19-21(26-24(20)29)11-17(12-22(19)27)16-5-3-2-4-6-16/h2-10,13,17H,11-12,14H2,1H3,(H,25,28)(H,26,29). The molecule has 1 aliphatic carbocycles. The average molecular weight is 402 g/mol. The van der Waals surface area contributed by atoms with Gasteiger partial charge in [0.2, 0.25) is 0 Å². The van der Waals surface area contributed by atoms with Crippen LogP contribution in [0.1, 0.15) is 49.9 Å². The molecular weight excluding hydrogens is 380 g/mol. The van der Waals surface area contributed by atoms with Gasteiger partial charge in [0, 0.05) is 24.2 Å². The summed E-state index contributed by atoms with van der Waals surface area (Å²) in [6.07, 6.45) is 0.921. The highest BCUT2D eigenvalue weighted by atomic mass is 16.5. The summed E-state index contributed by atoms with van der Waals surface area (Å²) in [5, 5.41) is 2.74. The van der Waals surface area contributed by atoms with Crippen molar-refractivity contribution in [2.75, 3.05) is 7.11 Å². The third-order valence-corrected chi connectivity index (χ3v) is 5.43. The Morgan fingerprint density at radius 1 is 1.07 bits per heavy atom. The van der Waals surface area contributed by atoms with Gasteiger partial charge in [-0.2, -0.15) is 0 Å². The van der Waals surface area contributed by atoms with Crippen LogP contribution < -0.4 is 15.6 Å². The Morgan fingerprint density at radius 2 is 1.80 bits per heavy atom. The molecule has 0 bridgehead atoms. The van der Waals surface area contributed by atoms with Crippen LogP contribution in [0, 0.1) is 0 Å². The minimum absolute atomic E-state index is 0.0246. The molecule has 0 saturated carbocycles. The molecule has 1 amide bonds. The summed E-state index contributed by atoms with van der Waals surface area (Å²) in [7, 11) is 1.59. The zero-order chi connectivity index (χ0) is 21.1. The SMILES string of the molecule is COc1ccc(CNC(=O)c2cc3c([nH]c2=O)CC(c2ccccc2)CC3=O)cc1. The van der Waals surface area contributed by atoms with Crippen LogP contribution in [0.2, 0.25) is 0 Å². The van der Waals surface area contributed by atoms with E-state index in [-0.39, 0.29) is 23.8 Å². The van der Waals surface area contributed by atoms with Crippen molar-refractivity contribution in [3.05, 3.63) is 99.0 Å². The quantitative estimate of drug-likeness (QED) is 0.686. The first kappa shape index (κ1) is 19.6. The summed E-state index contributed by atoms with van der Waals surface area (Å²) in [5.74, 6) is 0.179. The Bertz CT molecular complexity index is 1130. The minimum atomic E-state index is -0.507. The van der Waals surface area contributed by atoms with Gasteiger partial charge in [-0.1, -0.05) is 42.5 Å². The normalized spacial score (nSPS) is 15.4. The highest BCUT2D eigenvalue weighted by molar-refractivity contribution is 6.02. The number of fused-ring (bicyclic) bond motifs is 1. The van der Waals surface area contributed by atoms with Crippen LogP contribution in [0.15, 0.2) is 65.5 Å². The molecule has 0 spiro atoms. The van der Waals surface area contributed by atoms with Gasteiger partial charge in [0.05, 0.1) is 7.11 Å². The summed E-state index contributed by atoms with van der Waals surface area (Å²) in [4.78, 5) is 40.6. The molecule has 3 aromatic rings. The monoisotopic (exact) mass is 402 g/mol. The van der Waals surface area contributed by atoms with Crippen LogP contribution in [0.5, 0.6) is 5.75 Å². The maximum absolute atomic E-state index is 12.7. The van der Waals surface area contributed by atoms with Crippen molar-refractivity contribution in [2.24, 2.45) is 0 Å². The topological polar surface area (TPSA) is 88.3 Å². The summed E-state index contributed by atoms with van der Waals surface area (Å²) in [5.41, 5.74) is 2.43. The first-order valence-corrected chi connectivity index (χ1v) is 9.80. The molecule has 0 saturated heterocycles. The molecule has 6 nitrogen and oxygen atoms in total. The first-order valence-electron chi connectivity index (χ1n) is 9.80. The number of hydrogen-bond acceptors (Lipinski definition) is 4. The molecule has 2 aromatic carbocycles. The zero-order valence-corrected chi connectivity index (χ0v) is 16.6. The fraction of sp³-hybridized carbons (Fsp3) is 0.208. The first-order chi connectivity index (χ1) is 14.5. The van der Waals surface area contributed by atoms with E-state index < -0.39 is 11.5 Å². The number of benzene rings is 2. The van der Waals surface area contributed by atoms with Gasteiger partial charge >= 0.3 is 0 Å². The lowest BCUT2D eigenvalue weighted by Gasteiger charge is -2.24. The number of amides is 1. The molecule has 1 aromatic heterocycles. The number of Topliss-reactive ketones (excluding diaryl/α,β-unsaturated/α-hetero) is 1. The molecule has 0 radical (unpaired) electrons. The zero-order valence-electron chi connectivity index (χ0n) is 16.6. The van der Waals surface area contributed by atoms with Gasteiger partial charge in [-0.15, -0.1) is 0 Å². The molecule has 0 aliphatic heterocycles. The van der Waals surface area contributed by atoms with Gasteiger partial charge in [0.15, 0.2) is 5.78 Å². The number of ether oxygens (including phenoxy) is 1. The number of ketones is 1. The van der Waals surface area contributed by atoms with E-state index in [1.54, 1.807) is 19.2 Å². The molecule has 6 heteroatoms. The van der Waals surface area contributed by atoms with E-state index in [9.17, 15) is 14.4 Å². The predicted molar refractivity (Wildman–Crippen MR) is 113 cm³/mol. The number of carbonyl (C=O) groups is 2. The number of H-pyrrole nitrogens is 1. The van der Waals surface area contributed by atoms with Crippen LogP contribution >= 0.6 is 0 Å². The highest BCUT2D eigenvalue weighted by Crippen LogP contribution is 2.31. The number of nitrogens with one attached hydrogen (secondary N) is 2. The maximum atomic E-state index is 12.7. The summed E-state index contributed by atoms with van der Waals surface area (Å²) in [6, 6.07) is 18.5. The van der Waals surface area contributed by atoms with Crippen LogP contribution in [0.3, 0.4) is 0 Å². The molecule has 0 fully saturated rings. The van der Waals surface area contributed by atoms with E-state index in [4.69, 9.17) is 4.74 Å². The number of aromatic amines is 1. The largest absolute Gasteiger partial charge is 0.497 e. The molecule has 2 N–H and O–H groups in total. The van der Waals surface area contributed by atoms with Gasteiger partial charge in [-0.25, -0.2) is 0 Å². The van der Waals surface area contributed by atoms with Crippen LogP contribution in [0.4, 0.5) is 0 Å². The van der Waals surface area contributed by atoms with E-state index in [0.29, 0.717) is 24.1 Å². The van der Waals surface area contributed by atoms with Crippen LogP contribution in [0.25, 0.3) is 0 Å². The van der Waals surface area contributed by atoms with E-state index in [1.165, 1.54) is 6.07 Å². The molecule has 1 aliphatic rings. The van der Waals surface area contributed by atoms with E-state index in [2.05, 4.69) is 10.3 Å². The van der Waals surface area contributed by atoms with Crippen molar-refractivity contribution in [1.29, 1.82) is 0 Å². The van der Waals surface area contributed by atoms with Crippen molar-refractivity contribution in [3.63, 3.8) is 0 Å². The van der Waals surface area contributed by atoms with Crippen LogP contribution in [-0.4, -0.2) is 23.8 Å². The minimum Gasteiger partial charge on any atom is -0.497 e. The van der Waals surface area contributed by atoms with Crippen molar-refractivity contribution < 1.29 is 14.3 Å². The lowest BCUT2D eigenvalue weighted by atomic mass is 9.81. The fourth-order valence-corrected chi connectivity index (χ4v) is 3.78. The molecule has 1 unspecified atom stereocenters. The molecule has 1 atom stereocenters. The van der Waals surface area contributed by atoms with Gasteiger partial charge in [-0.3, -0.25) is 14.4 Å². The second-order valence-corrected chi connectivity index (χ2v) is 7.37.